The van der Waals surface area contributed by atoms with Crippen molar-refractivity contribution in [3.63, 3.8) is 0 Å². The van der Waals surface area contributed by atoms with E-state index in [0.717, 1.165) is 11.8 Å². The molecule has 2 aromatic rings. The number of nitrogens with one attached hydrogen (secondary N) is 1. The lowest BCUT2D eigenvalue weighted by atomic mass is 10.2. The molecule has 0 atom stereocenters. The summed E-state index contributed by atoms with van der Waals surface area (Å²) in [5.41, 5.74) is 0.906. The maximum atomic E-state index is 11.3. The van der Waals surface area contributed by atoms with Crippen molar-refractivity contribution in [2.24, 2.45) is 0 Å². The maximum Gasteiger partial charge on any atom is 0.433 e. The third kappa shape index (κ3) is 4.14. The minimum Gasteiger partial charge on any atom is -0.404 e. The summed E-state index contributed by atoms with van der Waals surface area (Å²) in [6.07, 6.45) is 1.16. The molecule has 0 unspecified atom stereocenters. The average Bonchev–Trinajstić information content (AvgIpc) is 2.87. The van der Waals surface area contributed by atoms with Gasteiger partial charge in [0.15, 0.2) is 9.84 Å². The molecule has 0 saturated heterocycles. The van der Waals surface area contributed by atoms with Crippen LogP contribution >= 0.6 is 0 Å². The molecule has 1 aromatic heterocycles. The van der Waals surface area contributed by atoms with Crippen LogP contribution in [0.2, 0.25) is 0 Å². The number of furan rings is 1. The lowest BCUT2D eigenvalue weighted by Gasteiger charge is -2.04. The summed E-state index contributed by atoms with van der Waals surface area (Å²) >= 11 is 0. The first kappa shape index (κ1) is 15.2. The Morgan fingerprint density at radius 2 is 1.81 bits per heavy atom. The van der Waals surface area contributed by atoms with Gasteiger partial charge in [-0.2, -0.15) is 0 Å². The summed E-state index contributed by atoms with van der Waals surface area (Å²) in [7, 11) is -3.19. The average molecular weight is 310 g/mol. The van der Waals surface area contributed by atoms with Gasteiger partial charge in [-0.05, 0) is 23.8 Å². The van der Waals surface area contributed by atoms with Gasteiger partial charge in [0.1, 0.15) is 10.7 Å². The molecular formula is C13H14N2O5S. The number of hydrogen-bond donors (Lipinski definition) is 1. The molecule has 1 aromatic carbocycles. The van der Waals surface area contributed by atoms with E-state index in [4.69, 9.17) is 4.42 Å². The molecule has 0 radical (unpaired) electrons. The van der Waals surface area contributed by atoms with Crippen molar-refractivity contribution < 1.29 is 17.8 Å². The van der Waals surface area contributed by atoms with Crippen LogP contribution in [0.15, 0.2) is 45.7 Å². The van der Waals surface area contributed by atoms with E-state index < -0.39 is 14.8 Å². The van der Waals surface area contributed by atoms with Crippen LogP contribution in [-0.4, -0.2) is 19.6 Å². The Bertz CT molecular complexity index is 734. The maximum absolute atomic E-state index is 11.3. The smallest absolute Gasteiger partial charge is 0.404 e. The van der Waals surface area contributed by atoms with Gasteiger partial charge in [0.05, 0.1) is 17.5 Å². The molecule has 1 heterocycles. The molecule has 0 amide bonds. The highest BCUT2D eigenvalue weighted by Crippen LogP contribution is 2.15. The quantitative estimate of drug-likeness (QED) is 0.645. The Labute approximate surface area is 121 Å². The Kier molecular flexibility index (Phi) is 4.39. The van der Waals surface area contributed by atoms with Crippen molar-refractivity contribution in [2.75, 3.05) is 6.26 Å². The largest absolute Gasteiger partial charge is 0.433 e. The SMILES string of the molecule is CS(=O)(=O)c1ccc(CNCc2ccc([N+](=O)[O-])o2)cc1. The first-order valence-electron chi connectivity index (χ1n) is 6.09. The third-order valence-corrected chi connectivity index (χ3v) is 3.94. The Morgan fingerprint density at radius 3 is 2.33 bits per heavy atom. The third-order valence-electron chi connectivity index (χ3n) is 2.81. The molecular weight excluding hydrogens is 296 g/mol. The van der Waals surface area contributed by atoms with E-state index in [1.54, 1.807) is 24.3 Å². The number of rotatable bonds is 6. The number of nitro groups is 1. The van der Waals surface area contributed by atoms with Crippen molar-refractivity contribution in [2.45, 2.75) is 18.0 Å². The fraction of sp³-hybridized carbons (Fsp3) is 0.231. The molecule has 0 fully saturated rings. The second-order valence-corrected chi connectivity index (χ2v) is 6.53. The van der Waals surface area contributed by atoms with Crippen LogP contribution in [0.1, 0.15) is 11.3 Å². The molecule has 1 N–H and O–H groups in total. The summed E-state index contributed by atoms with van der Waals surface area (Å²) in [5.74, 6) is 0.179. The Hall–Kier alpha value is -2.19. The van der Waals surface area contributed by atoms with Crippen molar-refractivity contribution >= 4 is 15.7 Å². The van der Waals surface area contributed by atoms with Gasteiger partial charge in [-0.1, -0.05) is 12.1 Å². The number of benzene rings is 1. The predicted octanol–water partition coefficient (Wildman–Crippen LogP) is 1.88. The molecule has 0 spiro atoms. The summed E-state index contributed by atoms with van der Waals surface area (Å²) < 4.78 is 27.6. The molecule has 8 heteroatoms. The van der Waals surface area contributed by atoms with Crippen molar-refractivity contribution in [1.82, 2.24) is 5.32 Å². The minimum atomic E-state index is -3.19. The van der Waals surface area contributed by atoms with E-state index in [1.807, 2.05) is 0 Å². The minimum absolute atomic E-state index is 0.271. The van der Waals surface area contributed by atoms with E-state index in [0.29, 0.717) is 18.8 Å². The molecule has 0 aliphatic heterocycles. The van der Waals surface area contributed by atoms with Gasteiger partial charge in [-0.25, -0.2) is 8.42 Å². The normalized spacial score (nSPS) is 11.5. The zero-order valence-corrected chi connectivity index (χ0v) is 12.1. The van der Waals surface area contributed by atoms with Crippen LogP contribution in [-0.2, 0) is 22.9 Å². The number of nitrogens with zero attached hydrogens (tertiary/aromatic N) is 1. The van der Waals surface area contributed by atoms with Crippen LogP contribution in [0.5, 0.6) is 0 Å². The van der Waals surface area contributed by atoms with Gasteiger partial charge in [-0.15, -0.1) is 0 Å². The molecule has 0 aliphatic rings. The van der Waals surface area contributed by atoms with Crippen LogP contribution in [0, 0.1) is 10.1 Å². The van der Waals surface area contributed by atoms with Gasteiger partial charge in [-0.3, -0.25) is 10.1 Å². The first-order chi connectivity index (χ1) is 9.86. The number of sulfone groups is 1. The highest BCUT2D eigenvalue weighted by atomic mass is 32.2. The molecule has 0 bridgehead atoms. The first-order valence-corrected chi connectivity index (χ1v) is 7.98. The van der Waals surface area contributed by atoms with Gasteiger partial charge >= 0.3 is 5.88 Å². The van der Waals surface area contributed by atoms with E-state index in [2.05, 4.69) is 5.32 Å². The Balaban J connectivity index is 1.89. The lowest BCUT2D eigenvalue weighted by molar-refractivity contribution is -0.402. The van der Waals surface area contributed by atoms with Gasteiger partial charge in [0, 0.05) is 12.8 Å². The summed E-state index contributed by atoms with van der Waals surface area (Å²) in [6, 6.07) is 9.37. The van der Waals surface area contributed by atoms with Gasteiger partial charge in [0.25, 0.3) is 0 Å². The van der Waals surface area contributed by atoms with Crippen LogP contribution < -0.4 is 5.32 Å². The summed E-state index contributed by atoms with van der Waals surface area (Å²) in [5, 5.41) is 13.5. The summed E-state index contributed by atoms with van der Waals surface area (Å²) in [6.45, 7) is 0.847. The van der Waals surface area contributed by atoms with Crippen LogP contribution in [0.4, 0.5) is 5.88 Å². The second kappa shape index (κ2) is 6.06. The molecule has 0 aliphatic carbocycles. The highest BCUT2D eigenvalue weighted by Gasteiger charge is 2.11. The van der Waals surface area contributed by atoms with E-state index >= 15 is 0 Å². The summed E-state index contributed by atoms with van der Waals surface area (Å²) in [4.78, 5) is 10.1. The predicted molar refractivity (Wildman–Crippen MR) is 75.5 cm³/mol. The molecule has 2 rings (SSSR count). The number of hydrogen-bond acceptors (Lipinski definition) is 6. The van der Waals surface area contributed by atoms with Gasteiger partial charge in [0.2, 0.25) is 0 Å². The zero-order valence-electron chi connectivity index (χ0n) is 11.3. The fourth-order valence-corrected chi connectivity index (χ4v) is 2.37. The molecule has 7 nitrogen and oxygen atoms in total. The second-order valence-electron chi connectivity index (χ2n) is 4.52. The molecule has 21 heavy (non-hydrogen) atoms. The van der Waals surface area contributed by atoms with E-state index in [9.17, 15) is 18.5 Å². The monoisotopic (exact) mass is 310 g/mol. The van der Waals surface area contributed by atoms with Crippen molar-refractivity contribution in [3.8, 4) is 0 Å². The van der Waals surface area contributed by atoms with Gasteiger partial charge < -0.3 is 9.73 Å². The highest BCUT2D eigenvalue weighted by molar-refractivity contribution is 7.90. The molecule has 112 valence electrons. The van der Waals surface area contributed by atoms with Crippen molar-refractivity contribution in [3.05, 3.63) is 57.8 Å². The Morgan fingerprint density at radius 1 is 1.14 bits per heavy atom. The molecule has 0 saturated carbocycles. The zero-order chi connectivity index (χ0) is 15.5. The van der Waals surface area contributed by atoms with Crippen LogP contribution in [0.25, 0.3) is 0 Å². The van der Waals surface area contributed by atoms with Crippen LogP contribution in [0.3, 0.4) is 0 Å². The van der Waals surface area contributed by atoms with E-state index in [1.165, 1.54) is 12.1 Å². The van der Waals surface area contributed by atoms with E-state index in [-0.39, 0.29) is 10.8 Å². The topological polar surface area (TPSA) is 102 Å². The lowest BCUT2D eigenvalue weighted by Crippen LogP contribution is -2.12. The standard InChI is InChI=1S/C13H14N2O5S/c1-21(18,19)12-5-2-10(3-6-12)8-14-9-11-4-7-13(20-11)15(16)17/h2-7,14H,8-9H2,1H3. The van der Waals surface area contributed by atoms with Crippen molar-refractivity contribution in [1.29, 1.82) is 0 Å². The fourth-order valence-electron chi connectivity index (χ4n) is 1.74.